The van der Waals surface area contributed by atoms with Crippen LogP contribution in [0.15, 0.2) is 5.16 Å². The lowest BCUT2D eigenvalue weighted by atomic mass is 10.3. The Morgan fingerprint density at radius 3 is 2.00 bits per heavy atom. The Balaban J connectivity index is 4.04. The van der Waals surface area contributed by atoms with Crippen molar-refractivity contribution >= 4 is 19.8 Å². The number of carbonyl (C=O) groups is 1. The molecule has 0 atom stereocenters. The van der Waals surface area contributed by atoms with Crippen LogP contribution in [0, 0.1) is 0 Å². The largest absolute Gasteiger partial charge is 0.455 e. The van der Waals surface area contributed by atoms with Crippen LogP contribution < -0.4 is 0 Å². The Morgan fingerprint density at radius 2 is 1.73 bits per heavy atom. The van der Waals surface area contributed by atoms with Crippen LogP contribution in [0.1, 0.15) is 13.8 Å². The van der Waals surface area contributed by atoms with E-state index in [0.29, 0.717) is 5.71 Å². The van der Waals surface area contributed by atoms with Gasteiger partial charge >= 0.3 is 0 Å². The van der Waals surface area contributed by atoms with E-state index in [0.717, 1.165) is 0 Å². The molecule has 0 aromatic heterocycles. The highest BCUT2D eigenvalue weighted by Crippen LogP contribution is 2.02. The summed E-state index contributed by atoms with van der Waals surface area (Å²) in [5.41, 5.74) is 0.437. The summed E-state index contributed by atoms with van der Waals surface area (Å²) in [6.45, 7) is 9.19. The van der Waals surface area contributed by atoms with Gasteiger partial charge in [0, 0.05) is 6.92 Å². The lowest BCUT2D eigenvalue weighted by Crippen LogP contribution is -2.23. The van der Waals surface area contributed by atoms with Crippen molar-refractivity contribution in [1.82, 2.24) is 0 Å². The van der Waals surface area contributed by atoms with Gasteiger partial charge in [-0.3, -0.25) is 4.79 Å². The van der Waals surface area contributed by atoms with Crippen molar-refractivity contribution in [2.45, 2.75) is 33.5 Å². The highest BCUT2D eigenvalue weighted by atomic mass is 28.4. The number of ketones is 1. The molecular formula is C7H15NO2Si. The van der Waals surface area contributed by atoms with Gasteiger partial charge in [0.2, 0.25) is 0 Å². The van der Waals surface area contributed by atoms with E-state index in [1.165, 1.54) is 6.92 Å². The minimum atomic E-state index is -1.61. The second-order valence-corrected chi connectivity index (χ2v) is 7.84. The van der Waals surface area contributed by atoms with Gasteiger partial charge in [-0.05, 0) is 26.6 Å². The summed E-state index contributed by atoms with van der Waals surface area (Å²) < 4.78 is 5.16. The van der Waals surface area contributed by atoms with Gasteiger partial charge in [0.1, 0.15) is 5.71 Å². The summed E-state index contributed by atoms with van der Waals surface area (Å²) in [6, 6.07) is 0. The zero-order valence-corrected chi connectivity index (χ0v) is 8.76. The summed E-state index contributed by atoms with van der Waals surface area (Å²) in [6.07, 6.45) is 0. The average Bonchev–Trinajstić information content (AvgIpc) is 1.80. The van der Waals surface area contributed by atoms with E-state index in [1.54, 1.807) is 6.92 Å². The fourth-order valence-corrected chi connectivity index (χ4v) is 0.680. The average molecular weight is 173 g/mol. The maximum absolute atomic E-state index is 10.7. The molecule has 0 aliphatic rings. The van der Waals surface area contributed by atoms with Crippen LogP contribution in [0.5, 0.6) is 0 Å². The van der Waals surface area contributed by atoms with E-state index in [9.17, 15) is 4.79 Å². The Hall–Kier alpha value is -0.643. The molecule has 0 unspecified atom stereocenters. The van der Waals surface area contributed by atoms with Gasteiger partial charge in [0.15, 0.2) is 5.78 Å². The smallest absolute Gasteiger partial charge is 0.278 e. The zero-order valence-electron chi connectivity index (χ0n) is 7.76. The molecule has 0 saturated carbocycles. The van der Waals surface area contributed by atoms with Crippen molar-refractivity contribution in [2.24, 2.45) is 5.16 Å². The molecule has 0 amide bonds. The monoisotopic (exact) mass is 173 g/mol. The van der Waals surface area contributed by atoms with E-state index in [-0.39, 0.29) is 5.78 Å². The van der Waals surface area contributed by atoms with Gasteiger partial charge in [-0.25, -0.2) is 0 Å². The second-order valence-electron chi connectivity index (χ2n) is 3.44. The first kappa shape index (κ1) is 10.4. The van der Waals surface area contributed by atoms with Gasteiger partial charge in [-0.1, -0.05) is 0 Å². The highest BCUT2D eigenvalue weighted by molar-refractivity contribution is 6.69. The van der Waals surface area contributed by atoms with Crippen molar-refractivity contribution in [3.8, 4) is 0 Å². The first-order chi connectivity index (χ1) is 4.83. The third-order valence-corrected chi connectivity index (χ3v) is 1.60. The van der Waals surface area contributed by atoms with Crippen LogP contribution in [0.4, 0.5) is 0 Å². The van der Waals surface area contributed by atoms with E-state index >= 15 is 0 Å². The molecule has 0 spiro atoms. The minimum Gasteiger partial charge on any atom is -0.455 e. The molecule has 0 bridgehead atoms. The molecule has 64 valence electrons. The van der Waals surface area contributed by atoms with Gasteiger partial charge in [-0.2, -0.15) is 0 Å². The summed E-state index contributed by atoms with van der Waals surface area (Å²) in [5.74, 6) is -0.0387. The molecule has 0 saturated heterocycles. The standard InChI is InChI=1S/C7H15NO2Si/c1-6(7(2)9)8-10-11(3,4)5/h1-5H3. The molecule has 4 heteroatoms. The van der Waals surface area contributed by atoms with Crippen molar-refractivity contribution in [3.05, 3.63) is 0 Å². The maximum Gasteiger partial charge on any atom is 0.278 e. The number of oxime groups is 1. The van der Waals surface area contributed by atoms with E-state index in [1.807, 2.05) is 19.6 Å². The van der Waals surface area contributed by atoms with Crippen molar-refractivity contribution in [3.63, 3.8) is 0 Å². The zero-order chi connectivity index (χ0) is 9.07. The Labute approximate surface area is 68.6 Å². The van der Waals surface area contributed by atoms with E-state index in [4.69, 9.17) is 4.53 Å². The molecule has 0 fully saturated rings. The SMILES string of the molecule is CC(=O)C(C)=NO[Si](C)(C)C. The van der Waals surface area contributed by atoms with Crippen LogP contribution >= 0.6 is 0 Å². The van der Waals surface area contributed by atoms with Crippen molar-refractivity contribution in [1.29, 1.82) is 0 Å². The Bertz CT molecular complexity index is 181. The highest BCUT2D eigenvalue weighted by Gasteiger charge is 2.16. The molecule has 11 heavy (non-hydrogen) atoms. The summed E-state index contributed by atoms with van der Waals surface area (Å²) in [4.78, 5) is 10.7. The molecule has 0 heterocycles. The number of rotatable bonds is 3. The van der Waals surface area contributed by atoms with Crippen LogP contribution in [-0.2, 0) is 9.32 Å². The van der Waals surface area contributed by atoms with Gasteiger partial charge in [-0.15, -0.1) is 5.16 Å². The lowest BCUT2D eigenvalue weighted by Gasteiger charge is -2.12. The quantitative estimate of drug-likeness (QED) is 0.371. The van der Waals surface area contributed by atoms with Gasteiger partial charge in [0.05, 0.1) is 0 Å². The number of hydrogen-bond donors (Lipinski definition) is 0. The fourth-order valence-electron chi connectivity index (χ4n) is 0.270. The van der Waals surface area contributed by atoms with Crippen LogP contribution in [0.2, 0.25) is 19.6 Å². The molecule has 0 radical (unpaired) electrons. The molecule has 0 N–H and O–H groups in total. The van der Waals surface area contributed by atoms with Crippen molar-refractivity contribution in [2.75, 3.05) is 0 Å². The number of Topliss-reactive ketones (excluding diaryl/α,β-unsaturated/α-hetero) is 1. The first-order valence-electron chi connectivity index (χ1n) is 3.56. The first-order valence-corrected chi connectivity index (χ1v) is 6.97. The Morgan fingerprint density at radius 1 is 1.27 bits per heavy atom. The molecule has 0 aliphatic carbocycles. The molecule has 0 aromatic rings. The van der Waals surface area contributed by atoms with Crippen LogP contribution in [0.3, 0.4) is 0 Å². The maximum atomic E-state index is 10.7. The van der Waals surface area contributed by atoms with Crippen molar-refractivity contribution < 1.29 is 9.32 Å². The summed E-state index contributed by atoms with van der Waals surface area (Å²) >= 11 is 0. The third kappa shape index (κ3) is 5.78. The molecule has 0 aliphatic heterocycles. The summed E-state index contributed by atoms with van der Waals surface area (Å²) in [7, 11) is -1.61. The number of nitrogens with zero attached hydrogens (tertiary/aromatic N) is 1. The minimum absolute atomic E-state index is 0.0387. The topological polar surface area (TPSA) is 38.7 Å². The number of carbonyl (C=O) groups excluding carboxylic acids is 1. The van der Waals surface area contributed by atoms with Crippen LogP contribution in [-0.4, -0.2) is 19.8 Å². The molecule has 3 nitrogen and oxygen atoms in total. The lowest BCUT2D eigenvalue weighted by molar-refractivity contribution is -0.111. The normalized spacial score (nSPS) is 13.0. The third-order valence-electron chi connectivity index (χ3n) is 0.966. The predicted octanol–water partition coefficient (Wildman–Crippen LogP) is 1.80. The fraction of sp³-hybridized carbons (Fsp3) is 0.714. The predicted molar refractivity (Wildman–Crippen MR) is 48.2 cm³/mol. The van der Waals surface area contributed by atoms with Gasteiger partial charge in [0.25, 0.3) is 8.32 Å². The van der Waals surface area contributed by atoms with E-state index in [2.05, 4.69) is 5.16 Å². The summed E-state index contributed by atoms with van der Waals surface area (Å²) in [5, 5.41) is 3.72. The molecule has 0 aromatic carbocycles. The molecular weight excluding hydrogens is 158 g/mol. The molecule has 0 rings (SSSR count). The Kier molecular flexibility index (Phi) is 3.45. The van der Waals surface area contributed by atoms with Gasteiger partial charge < -0.3 is 4.53 Å². The number of hydrogen-bond acceptors (Lipinski definition) is 3. The van der Waals surface area contributed by atoms with Crippen LogP contribution in [0.25, 0.3) is 0 Å². The van der Waals surface area contributed by atoms with E-state index < -0.39 is 8.32 Å². The second kappa shape index (κ2) is 3.66.